The Balaban J connectivity index is 0.00000363. The number of benzene rings is 1. The van der Waals surface area contributed by atoms with E-state index >= 15 is 0 Å². The third-order valence-electron chi connectivity index (χ3n) is 4.80. The van der Waals surface area contributed by atoms with Crippen LogP contribution in [-0.4, -0.2) is 54.0 Å². The highest BCUT2D eigenvalue weighted by Gasteiger charge is 2.20. The second kappa shape index (κ2) is 11.9. The van der Waals surface area contributed by atoms with Crippen LogP contribution in [0.2, 0.25) is 0 Å². The number of amides is 1. The molecule has 1 amide bonds. The first-order valence-electron chi connectivity index (χ1n) is 9.86. The Morgan fingerprint density at radius 2 is 1.94 bits per heavy atom. The number of hydrogen-bond acceptors (Lipinski definition) is 8. The predicted octanol–water partition coefficient (Wildman–Crippen LogP) is 5.08. The zero-order valence-corrected chi connectivity index (χ0v) is 20.5. The van der Waals surface area contributed by atoms with Crippen LogP contribution < -0.4 is 9.64 Å². The molecule has 0 aliphatic heterocycles. The molecule has 172 valence electrons. The molecule has 1 aromatic carbocycles. The van der Waals surface area contributed by atoms with Crippen LogP contribution in [0.4, 0.5) is 10.1 Å². The number of para-hydroxylation sites is 1. The molecule has 8 nitrogen and oxygen atoms in total. The third kappa shape index (κ3) is 6.04. The number of likely N-dealkylation sites (N-methyl/N-ethyl adjacent to an activating group) is 1. The average molecular weight is 497 g/mol. The number of carbonyl (C=O) groups is 1. The Labute approximate surface area is 200 Å². The summed E-state index contributed by atoms with van der Waals surface area (Å²) in [6, 6.07) is 8.77. The summed E-state index contributed by atoms with van der Waals surface area (Å²) in [5, 5.41) is 11.5. The maximum absolute atomic E-state index is 13.1. The fraction of sp³-hybridized carbons (Fsp3) is 0.333. The van der Waals surface area contributed by atoms with E-state index in [4.69, 9.17) is 4.74 Å². The van der Waals surface area contributed by atoms with Crippen LogP contribution in [0, 0.1) is 10.1 Å². The van der Waals surface area contributed by atoms with Gasteiger partial charge in [0.05, 0.1) is 16.7 Å². The van der Waals surface area contributed by atoms with Gasteiger partial charge in [0.1, 0.15) is 11.3 Å². The number of fused-ring (bicyclic) bond motifs is 1. The molecule has 0 spiro atoms. The number of methoxy groups -OCH3 is 1. The van der Waals surface area contributed by atoms with Gasteiger partial charge in [-0.25, -0.2) is 4.98 Å². The fourth-order valence-corrected chi connectivity index (χ4v) is 4.79. The molecule has 0 aliphatic rings. The van der Waals surface area contributed by atoms with E-state index < -0.39 is 4.92 Å². The first-order chi connectivity index (χ1) is 15.0. The number of anilines is 1. The number of halogens is 1. The highest BCUT2D eigenvalue weighted by atomic mass is 35.5. The van der Waals surface area contributed by atoms with Crippen LogP contribution in [0.25, 0.3) is 16.3 Å². The van der Waals surface area contributed by atoms with Gasteiger partial charge in [-0.15, -0.1) is 12.4 Å². The van der Waals surface area contributed by atoms with Crippen molar-refractivity contribution in [3.63, 3.8) is 0 Å². The minimum absolute atomic E-state index is 0. The zero-order valence-electron chi connectivity index (χ0n) is 18.0. The quantitative estimate of drug-likeness (QED) is 0.221. The minimum Gasteiger partial charge on any atom is -0.494 e. The molecule has 2 heterocycles. The molecule has 0 radical (unpaired) electrons. The van der Waals surface area contributed by atoms with Gasteiger partial charge in [0.15, 0.2) is 5.13 Å². The summed E-state index contributed by atoms with van der Waals surface area (Å²) >= 11 is 2.47. The van der Waals surface area contributed by atoms with E-state index in [9.17, 15) is 14.9 Å². The number of thiophene rings is 1. The monoisotopic (exact) mass is 496 g/mol. The van der Waals surface area contributed by atoms with E-state index in [2.05, 4.69) is 23.7 Å². The number of ether oxygens (including phenoxy) is 1. The van der Waals surface area contributed by atoms with Gasteiger partial charge in [0, 0.05) is 30.1 Å². The van der Waals surface area contributed by atoms with Crippen LogP contribution >= 0.6 is 35.1 Å². The van der Waals surface area contributed by atoms with Gasteiger partial charge in [-0.1, -0.05) is 42.6 Å². The summed E-state index contributed by atoms with van der Waals surface area (Å²) < 4.78 is 6.34. The molecule has 2 aromatic heterocycles. The van der Waals surface area contributed by atoms with E-state index in [0.29, 0.717) is 28.8 Å². The van der Waals surface area contributed by atoms with Crippen LogP contribution in [0.5, 0.6) is 5.75 Å². The minimum atomic E-state index is -0.436. The number of aromatic nitrogens is 1. The van der Waals surface area contributed by atoms with Crippen molar-refractivity contribution >= 4 is 67.4 Å². The molecule has 0 atom stereocenters. The lowest BCUT2D eigenvalue weighted by molar-refractivity contribution is -0.380. The molecule has 3 aromatic rings. The molecule has 0 saturated carbocycles. The van der Waals surface area contributed by atoms with Crippen LogP contribution in [-0.2, 0) is 4.79 Å². The number of carbonyl (C=O) groups excluding carboxylic acids is 1. The first kappa shape index (κ1) is 25.7. The molecule has 0 bridgehead atoms. The van der Waals surface area contributed by atoms with Crippen molar-refractivity contribution in [3.8, 4) is 5.75 Å². The highest BCUT2D eigenvalue weighted by molar-refractivity contribution is 7.22. The third-order valence-corrected chi connectivity index (χ3v) is 6.85. The van der Waals surface area contributed by atoms with E-state index in [0.717, 1.165) is 34.6 Å². The number of rotatable bonds is 10. The maximum atomic E-state index is 13.1. The normalized spacial score (nSPS) is 11.1. The van der Waals surface area contributed by atoms with Crippen molar-refractivity contribution in [3.05, 3.63) is 51.4 Å². The Bertz CT molecular complexity index is 1090. The molecule has 0 fully saturated rings. The van der Waals surface area contributed by atoms with Gasteiger partial charge < -0.3 is 9.64 Å². The van der Waals surface area contributed by atoms with Gasteiger partial charge in [0.2, 0.25) is 0 Å². The predicted molar refractivity (Wildman–Crippen MR) is 134 cm³/mol. The number of nitro groups is 1. The Morgan fingerprint density at radius 3 is 2.56 bits per heavy atom. The maximum Gasteiger partial charge on any atom is 0.324 e. The van der Waals surface area contributed by atoms with Gasteiger partial charge in [-0.05, 0) is 37.4 Å². The summed E-state index contributed by atoms with van der Waals surface area (Å²) in [6.45, 7) is 7.15. The Morgan fingerprint density at radius 1 is 1.19 bits per heavy atom. The summed E-state index contributed by atoms with van der Waals surface area (Å²) in [5.74, 6) is 0.443. The van der Waals surface area contributed by atoms with Gasteiger partial charge in [-0.3, -0.25) is 19.8 Å². The van der Waals surface area contributed by atoms with Crippen molar-refractivity contribution < 1.29 is 14.5 Å². The number of hydrogen-bond donors (Lipinski definition) is 0. The standard InChI is InChI=1S/C21H24N4O4S2.ClH/c1-4-23(5-2)13-14-24(18(26)11-9-15-10-12-19(30-15)25(27)28)21-22-20-16(29-3)7-6-8-17(20)31-21;/h6-12H,4-5,13-14H2,1-3H3;1H. The molecule has 0 N–H and O–H groups in total. The van der Waals surface area contributed by atoms with E-state index in [-0.39, 0.29) is 23.3 Å². The molecule has 0 aliphatic carbocycles. The Hall–Kier alpha value is -2.53. The molecule has 32 heavy (non-hydrogen) atoms. The second-order valence-electron chi connectivity index (χ2n) is 6.59. The number of nitrogens with zero attached hydrogens (tertiary/aromatic N) is 4. The zero-order chi connectivity index (χ0) is 22.4. The molecule has 0 unspecified atom stereocenters. The summed E-state index contributed by atoms with van der Waals surface area (Å²) in [5.41, 5.74) is 0.725. The lowest BCUT2D eigenvalue weighted by Gasteiger charge is -2.23. The highest BCUT2D eigenvalue weighted by Crippen LogP contribution is 2.34. The Kier molecular flexibility index (Phi) is 9.58. The first-order valence-corrected chi connectivity index (χ1v) is 11.5. The van der Waals surface area contributed by atoms with Crippen molar-refractivity contribution in [1.82, 2.24) is 9.88 Å². The van der Waals surface area contributed by atoms with Crippen molar-refractivity contribution in [2.45, 2.75) is 13.8 Å². The fourth-order valence-electron chi connectivity index (χ4n) is 3.05. The molecule has 3 rings (SSSR count). The lowest BCUT2D eigenvalue weighted by Crippen LogP contribution is -2.38. The van der Waals surface area contributed by atoms with E-state index in [1.807, 2.05) is 18.2 Å². The number of thiazole rings is 1. The summed E-state index contributed by atoms with van der Waals surface area (Å²) in [7, 11) is 1.60. The molecule has 11 heteroatoms. The lowest BCUT2D eigenvalue weighted by atomic mass is 10.3. The second-order valence-corrected chi connectivity index (χ2v) is 8.69. The smallest absolute Gasteiger partial charge is 0.324 e. The SMILES string of the molecule is CCN(CC)CCN(C(=O)C=Cc1ccc([N+](=O)[O-])s1)c1nc2c(OC)cccc2s1.Cl. The summed E-state index contributed by atoms with van der Waals surface area (Å²) in [4.78, 5) is 32.8. The topological polar surface area (TPSA) is 88.8 Å². The molecule has 0 saturated heterocycles. The largest absolute Gasteiger partial charge is 0.494 e. The van der Waals surface area contributed by atoms with E-state index in [1.165, 1.54) is 23.5 Å². The van der Waals surface area contributed by atoms with Crippen molar-refractivity contribution in [1.29, 1.82) is 0 Å². The van der Waals surface area contributed by atoms with Crippen molar-refractivity contribution in [2.24, 2.45) is 0 Å². The van der Waals surface area contributed by atoms with Gasteiger partial charge in [-0.2, -0.15) is 0 Å². The molecular weight excluding hydrogens is 472 g/mol. The van der Waals surface area contributed by atoms with Gasteiger partial charge in [0.25, 0.3) is 5.91 Å². The average Bonchev–Trinajstić information content (AvgIpc) is 3.42. The van der Waals surface area contributed by atoms with Crippen molar-refractivity contribution in [2.75, 3.05) is 38.2 Å². The van der Waals surface area contributed by atoms with Crippen LogP contribution in [0.3, 0.4) is 0 Å². The van der Waals surface area contributed by atoms with E-state index in [1.54, 1.807) is 24.2 Å². The summed E-state index contributed by atoms with van der Waals surface area (Å²) in [6.07, 6.45) is 3.05. The van der Waals surface area contributed by atoms with Crippen LogP contribution in [0.15, 0.2) is 36.4 Å². The van der Waals surface area contributed by atoms with Gasteiger partial charge >= 0.3 is 5.00 Å². The van der Waals surface area contributed by atoms with Crippen LogP contribution in [0.1, 0.15) is 18.7 Å². The molecular formula is C21H25ClN4O4S2.